The summed E-state index contributed by atoms with van der Waals surface area (Å²) in [7, 11) is 0. The summed E-state index contributed by atoms with van der Waals surface area (Å²) in [5.41, 5.74) is 0. The minimum absolute atomic E-state index is 0.0780. The Morgan fingerprint density at radius 3 is 2.31 bits per heavy atom. The van der Waals surface area contributed by atoms with Gasteiger partial charge in [-0.1, -0.05) is 6.42 Å². The average molecular weight is 225 g/mol. The number of nitrogens with zero attached hydrogens (tertiary/aromatic N) is 1. The molecule has 0 aromatic rings. The zero-order valence-corrected chi connectivity index (χ0v) is 10.1. The van der Waals surface area contributed by atoms with Gasteiger partial charge in [0.15, 0.2) is 6.29 Å². The zero-order valence-electron chi connectivity index (χ0n) is 10.1. The molecule has 0 aromatic carbocycles. The number of ether oxygens (including phenoxy) is 2. The topological polar surface area (TPSA) is 21.7 Å². The SMILES string of the molecule is C1COC(CCN2CC3CCCC3C2)OC1. The van der Waals surface area contributed by atoms with Crippen LogP contribution < -0.4 is 0 Å². The lowest BCUT2D eigenvalue weighted by atomic mass is 10.0. The van der Waals surface area contributed by atoms with Gasteiger partial charge in [0.05, 0.1) is 13.2 Å². The molecule has 2 atom stereocenters. The summed E-state index contributed by atoms with van der Waals surface area (Å²) in [6, 6.07) is 0. The monoisotopic (exact) mass is 225 g/mol. The van der Waals surface area contributed by atoms with Gasteiger partial charge in [-0.2, -0.15) is 0 Å². The Morgan fingerprint density at radius 1 is 0.938 bits per heavy atom. The molecule has 16 heavy (non-hydrogen) atoms. The van der Waals surface area contributed by atoms with Crippen LogP contribution in [-0.4, -0.2) is 44.0 Å². The molecule has 0 radical (unpaired) electrons. The first-order chi connectivity index (χ1) is 7.92. The largest absolute Gasteiger partial charge is 0.353 e. The summed E-state index contributed by atoms with van der Waals surface area (Å²) in [6.45, 7) is 5.60. The van der Waals surface area contributed by atoms with Crippen molar-refractivity contribution >= 4 is 0 Å². The first-order valence-electron chi connectivity index (χ1n) is 6.87. The first-order valence-corrected chi connectivity index (χ1v) is 6.87. The lowest BCUT2D eigenvalue weighted by molar-refractivity contribution is -0.182. The van der Waals surface area contributed by atoms with Gasteiger partial charge in [0.1, 0.15) is 0 Å². The molecule has 0 N–H and O–H groups in total. The fourth-order valence-corrected chi connectivity index (χ4v) is 3.51. The maximum Gasteiger partial charge on any atom is 0.158 e. The van der Waals surface area contributed by atoms with Crippen LogP contribution in [0, 0.1) is 11.8 Å². The molecule has 0 spiro atoms. The van der Waals surface area contributed by atoms with Gasteiger partial charge < -0.3 is 14.4 Å². The van der Waals surface area contributed by atoms with Crippen molar-refractivity contribution in [3.8, 4) is 0 Å². The third kappa shape index (κ3) is 2.41. The van der Waals surface area contributed by atoms with Gasteiger partial charge >= 0.3 is 0 Å². The lowest BCUT2D eigenvalue weighted by Gasteiger charge is -2.25. The number of hydrogen-bond acceptors (Lipinski definition) is 3. The Morgan fingerprint density at radius 2 is 1.62 bits per heavy atom. The van der Waals surface area contributed by atoms with E-state index >= 15 is 0 Å². The van der Waals surface area contributed by atoms with Crippen LogP contribution in [0.15, 0.2) is 0 Å². The first kappa shape index (κ1) is 11.0. The molecule has 1 saturated carbocycles. The molecule has 0 amide bonds. The molecule has 2 unspecified atom stereocenters. The van der Waals surface area contributed by atoms with Gasteiger partial charge in [0.25, 0.3) is 0 Å². The molecular weight excluding hydrogens is 202 g/mol. The van der Waals surface area contributed by atoms with Gasteiger partial charge in [0, 0.05) is 26.1 Å². The molecule has 3 fully saturated rings. The molecule has 2 aliphatic heterocycles. The predicted molar refractivity (Wildman–Crippen MR) is 62.2 cm³/mol. The second-order valence-electron chi connectivity index (χ2n) is 5.52. The summed E-state index contributed by atoms with van der Waals surface area (Å²) in [5.74, 6) is 2.02. The number of fused-ring (bicyclic) bond motifs is 1. The number of rotatable bonds is 3. The Bertz CT molecular complexity index is 216. The summed E-state index contributed by atoms with van der Waals surface area (Å²) >= 11 is 0. The molecule has 2 saturated heterocycles. The van der Waals surface area contributed by atoms with Gasteiger partial charge in [-0.15, -0.1) is 0 Å². The molecule has 3 rings (SSSR count). The fraction of sp³-hybridized carbons (Fsp3) is 1.00. The summed E-state index contributed by atoms with van der Waals surface area (Å²) in [4.78, 5) is 2.62. The van der Waals surface area contributed by atoms with E-state index in [0.717, 1.165) is 44.4 Å². The van der Waals surface area contributed by atoms with Crippen LogP contribution in [0.1, 0.15) is 32.1 Å². The molecule has 0 bridgehead atoms. The van der Waals surface area contributed by atoms with E-state index in [4.69, 9.17) is 9.47 Å². The van der Waals surface area contributed by atoms with E-state index in [1.54, 1.807) is 0 Å². The van der Waals surface area contributed by atoms with Gasteiger partial charge in [0.2, 0.25) is 0 Å². The fourth-order valence-electron chi connectivity index (χ4n) is 3.51. The van der Waals surface area contributed by atoms with Crippen molar-refractivity contribution in [1.82, 2.24) is 4.90 Å². The van der Waals surface area contributed by atoms with Crippen LogP contribution in [-0.2, 0) is 9.47 Å². The van der Waals surface area contributed by atoms with Crippen LogP contribution in [0.3, 0.4) is 0 Å². The Kier molecular flexibility index (Phi) is 3.46. The van der Waals surface area contributed by atoms with Gasteiger partial charge in [-0.05, 0) is 31.1 Å². The molecular formula is C13H23NO2. The van der Waals surface area contributed by atoms with Crippen molar-refractivity contribution in [1.29, 1.82) is 0 Å². The molecule has 3 heteroatoms. The van der Waals surface area contributed by atoms with E-state index in [9.17, 15) is 0 Å². The maximum atomic E-state index is 5.58. The molecule has 92 valence electrons. The second-order valence-corrected chi connectivity index (χ2v) is 5.52. The average Bonchev–Trinajstić information content (AvgIpc) is 2.88. The van der Waals surface area contributed by atoms with Crippen molar-refractivity contribution in [2.75, 3.05) is 32.8 Å². The van der Waals surface area contributed by atoms with E-state index < -0.39 is 0 Å². The van der Waals surface area contributed by atoms with Crippen molar-refractivity contribution in [3.63, 3.8) is 0 Å². The molecule has 2 heterocycles. The lowest BCUT2D eigenvalue weighted by Crippen LogP contribution is -2.31. The van der Waals surface area contributed by atoms with E-state index in [-0.39, 0.29) is 6.29 Å². The minimum atomic E-state index is 0.0780. The molecule has 0 aromatic heterocycles. The van der Waals surface area contributed by atoms with Crippen molar-refractivity contribution in [3.05, 3.63) is 0 Å². The minimum Gasteiger partial charge on any atom is -0.353 e. The number of likely N-dealkylation sites (tertiary alicyclic amines) is 1. The normalized spacial score (nSPS) is 36.8. The highest BCUT2D eigenvalue weighted by molar-refractivity contribution is 4.88. The third-order valence-electron chi connectivity index (χ3n) is 4.38. The van der Waals surface area contributed by atoms with Gasteiger partial charge in [-0.3, -0.25) is 0 Å². The van der Waals surface area contributed by atoms with E-state index in [2.05, 4.69) is 4.90 Å². The van der Waals surface area contributed by atoms with E-state index in [0.29, 0.717) is 0 Å². The van der Waals surface area contributed by atoms with Crippen molar-refractivity contribution < 1.29 is 9.47 Å². The Hall–Kier alpha value is -0.120. The summed E-state index contributed by atoms with van der Waals surface area (Å²) in [6.07, 6.45) is 6.60. The highest BCUT2D eigenvalue weighted by Crippen LogP contribution is 2.37. The van der Waals surface area contributed by atoms with Crippen LogP contribution >= 0.6 is 0 Å². The highest BCUT2D eigenvalue weighted by atomic mass is 16.7. The molecule has 3 aliphatic rings. The molecule has 1 aliphatic carbocycles. The van der Waals surface area contributed by atoms with Crippen molar-refractivity contribution in [2.45, 2.75) is 38.4 Å². The predicted octanol–water partition coefficient (Wildman–Crippen LogP) is 1.87. The second kappa shape index (κ2) is 5.03. The third-order valence-corrected chi connectivity index (χ3v) is 4.38. The van der Waals surface area contributed by atoms with Crippen LogP contribution in [0.25, 0.3) is 0 Å². The highest BCUT2D eigenvalue weighted by Gasteiger charge is 2.35. The van der Waals surface area contributed by atoms with Crippen LogP contribution in [0.4, 0.5) is 0 Å². The van der Waals surface area contributed by atoms with Crippen molar-refractivity contribution in [2.24, 2.45) is 11.8 Å². The van der Waals surface area contributed by atoms with Crippen LogP contribution in [0.5, 0.6) is 0 Å². The van der Waals surface area contributed by atoms with Crippen LogP contribution in [0.2, 0.25) is 0 Å². The summed E-state index contributed by atoms with van der Waals surface area (Å²) in [5, 5.41) is 0. The smallest absolute Gasteiger partial charge is 0.158 e. The van der Waals surface area contributed by atoms with E-state index in [1.165, 1.54) is 32.4 Å². The quantitative estimate of drug-likeness (QED) is 0.732. The standard InChI is InChI=1S/C13H23NO2/c1-3-11-9-14(10-12(11)4-1)6-5-13-15-7-2-8-16-13/h11-13H,1-10H2. The Labute approximate surface area is 98.1 Å². The van der Waals surface area contributed by atoms with E-state index in [1.807, 2.05) is 0 Å². The molecule has 3 nitrogen and oxygen atoms in total. The zero-order chi connectivity index (χ0) is 10.8. The summed E-state index contributed by atoms with van der Waals surface area (Å²) < 4.78 is 11.2. The van der Waals surface area contributed by atoms with Gasteiger partial charge in [-0.25, -0.2) is 0 Å². The maximum absolute atomic E-state index is 5.58. The number of hydrogen-bond donors (Lipinski definition) is 0. The Balaban J connectivity index is 1.39.